The fourth-order valence-electron chi connectivity index (χ4n) is 3.45. The summed E-state index contributed by atoms with van der Waals surface area (Å²) in [5.41, 5.74) is 7.53. The predicted octanol–water partition coefficient (Wildman–Crippen LogP) is 2.96. The van der Waals surface area contributed by atoms with E-state index in [0.29, 0.717) is 36.0 Å². The SMILES string of the molecule is O=C(COc1cccc2c1OCC2)NNC(=S)NC(=O)c1ccc(OCCc2ccccc2)cc1. The van der Waals surface area contributed by atoms with Gasteiger partial charge in [0.25, 0.3) is 11.8 Å². The Balaban J connectivity index is 1.16. The molecule has 3 aromatic carbocycles. The Hall–Kier alpha value is -4.11. The van der Waals surface area contributed by atoms with Crippen LogP contribution in [0.15, 0.2) is 72.8 Å². The first-order chi connectivity index (χ1) is 17.1. The molecule has 0 saturated carbocycles. The zero-order chi connectivity index (χ0) is 24.5. The highest BCUT2D eigenvalue weighted by atomic mass is 32.1. The molecule has 3 aromatic rings. The monoisotopic (exact) mass is 491 g/mol. The topological polar surface area (TPSA) is 97.9 Å². The van der Waals surface area contributed by atoms with E-state index in [4.69, 9.17) is 26.4 Å². The maximum Gasteiger partial charge on any atom is 0.276 e. The highest BCUT2D eigenvalue weighted by Crippen LogP contribution is 2.35. The minimum atomic E-state index is -0.464. The summed E-state index contributed by atoms with van der Waals surface area (Å²) < 4.78 is 16.8. The van der Waals surface area contributed by atoms with Gasteiger partial charge in [-0.2, -0.15) is 0 Å². The van der Waals surface area contributed by atoms with Crippen molar-refractivity contribution in [1.82, 2.24) is 16.2 Å². The highest BCUT2D eigenvalue weighted by molar-refractivity contribution is 7.80. The number of carbonyl (C=O) groups excluding carboxylic acids is 2. The Bertz CT molecular complexity index is 1190. The molecule has 3 N–H and O–H groups in total. The fraction of sp³-hybridized carbons (Fsp3) is 0.192. The quantitative estimate of drug-likeness (QED) is 0.329. The van der Waals surface area contributed by atoms with E-state index in [2.05, 4.69) is 16.2 Å². The molecule has 4 rings (SSSR count). The molecule has 0 bridgehead atoms. The summed E-state index contributed by atoms with van der Waals surface area (Å²) in [7, 11) is 0. The van der Waals surface area contributed by atoms with Crippen LogP contribution in [0, 0.1) is 0 Å². The van der Waals surface area contributed by atoms with Gasteiger partial charge in [0, 0.05) is 24.0 Å². The molecule has 8 nitrogen and oxygen atoms in total. The number of carbonyl (C=O) groups is 2. The lowest BCUT2D eigenvalue weighted by atomic mass is 10.1. The summed E-state index contributed by atoms with van der Waals surface area (Å²) in [4.78, 5) is 24.5. The van der Waals surface area contributed by atoms with Crippen molar-refractivity contribution in [2.75, 3.05) is 19.8 Å². The number of thiocarbonyl (C=S) groups is 1. The third-order valence-electron chi connectivity index (χ3n) is 5.20. The van der Waals surface area contributed by atoms with E-state index in [1.807, 2.05) is 42.5 Å². The van der Waals surface area contributed by atoms with Crippen LogP contribution in [0.3, 0.4) is 0 Å². The minimum absolute atomic E-state index is 0.0459. The summed E-state index contributed by atoms with van der Waals surface area (Å²) in [6.45, 7) is 0.892. The number of benzene rings is 3. The molecule has 0 fully saturated rings. The Morgan fingerprint density at radius 3 is 2.51 bits per heavy atom. The maximum absolute atomic E-state index is 12.4. The molecule has 35 heavy (non-hydrogen) atoms. The van der Waals surface area contributed by atoms with E-state index in [-0.39, 0.29) is 11.7 Å². The molecule has 0 radical (unpaired) electrons. The number of fused-ring (bicyclic) bond motifs is 1. The van der Waals surface area contributed by atoms with Crippen molar-refractivity contribution in [3.8, 4) is 17.2 Å². The normalized spacial score (nSPS) is 11.5. The third-order valence-corrected chi connectivity index (χ3v) is 5.40. The van der Waals surface area contributed by atoms with Crippen LogP contribution in [-0.4, -0.2) is 36.7 Å². The number of hydrogen-bond donors (Lipinski definition) is 3. The molecule has 2 amide bonds. The second-order valence-corrected chi connectivity index (χ2v) is 8.10. The minimum Gasteiger partial charge on any atom is -0.493 e. The molecule has 0 aromatic heterocycles. The van der Waals surface area contributed by atoms with E-state index in [1.54, 1.807) is 30.3 Å². The van der Waals surface area contributed by atoms with Gasteiger partial charge in [-0.3, -0.25) is 25.8 Å². The van der Waals surface area contributed by atoms with Crippen molar-refractivity contribution in [3.63, 3.8) is 0 Å². The lowest BCUT2D eigenvalue weighted by Gasteiger charge is -2.13. The zero-order valence-corrected chi connectivity index (χ0v) is 19.7. The molecule has 1 aliphatic heterocycles. The van der Waals surface area contributed by atoms with Gasteiger partial charge >= 0.3 is 0 Å². The van der Waals surface area contributed by atoms with Crippen LogP contribution in [0.25, 0.3) is 0 Å². The lowest BCUT2D eigenvalue weighted by molar-refractivity contribution is -0.123. The van der Waals surface area contributed by atoms with E-state index in [0.717, 1.165) is 18.4 Å². The van der Waals surface area contributed by atoms with Crippen LogP contribution in [0.5, 0.6) is 17.2 Å². The Morgan fingerprint density at radius 2 is 1.71 bits per heavy atom. The maximum atomic E-state index is 12.4. The first-order valence-electron chi connectivity index (χ1n) is 11.1. The van der Waals surface area contributed by atoms with Gasteiger partial charge in [0.1, 0.15) is 5.75 Å². The molecular formula is C26H25N3O5S. The van der Waals surface area contributed by atoms with Crippen molar-refractivity contribution >= 4 is 29.1 Å². The Kier molecular flexibility index (Phi) is 8.13. The molecule has 0 saturated heterocycles. The number of hydrogen-bond acceptors (Lipinski definition) is 6. The van der Waals surface area contributed by atoms with E-state index >= 15 is 0 Å². The molecule has 1 aliphatic rings. The first-order valence-corrected chi connectivity index (χ1v) is 11.5. The van der Waals surface area contributed by atoms with Crippen LogP contribution in [0.2, 0.25) is 0 Å². The summed E-state index contributed by atoms with van der Waals surface area (Å²) in [5, 5.41) is 2.46. The van der Waals surface area contributed by atoms with Crippen LogP contribution >= 0.6 is 12.2 Å². The van der Waals surface area contributed by atoms with Crippen molar-refractivity contribution in [3.05, 3.63) is 89.5 Å². The number of amides is 2. The molecular weight excluding hydrogens is 466 g/mol. The molecule has 1 heterocycles. The summed E-state index contributed by atoms with van der Waals surface area (Å²) in [6.07, 6.45) is 1.61. The van der Waals surface area contributed by atoms with E-state index in [1.165, 1.54) is 5.56 Å². The van der Waals surface area contributed by atoms with Gasteiger partial charge in [-0.25, -0.2) is 0 Å². The summed E-state index contributed by atoms with van der Waals surface area (Å²) in [5.74, 6) is 0.970. The average molecular weight is 492 g/mol. The molecule has 0 atom stereocenters. The van der Waals surface area contributed by atoms with Gasteiger partial charge < -0.3 is 14.2 Å². The summed E-state index contributed by atoms with van der Waals surface area (Å²) in [6, 6.07) is 22.3. The first kappa shape index (κ1) is 24.0. The van der Waals surface area contributed by atoms with Crippen LogP contribution in [0.4, 0.5) is 0 Å². The van der Waals surface area contributed by atoms with E-state index < -0.39 is 11.8 Å². The van der Waals surface area contributed by atoms with Gasteiger partial charge in [-0.05, 0) is 48.1 Å². The lowest BCUT2D eigenvalue weighted by Crippen LogP contribution is -2.49. The second kappa shape index (κ2) is 11.8. The van der Waals surface area contributed by atoms with Crippen LogP contribution in [-0.2, 0) is 17.6 Å². The predicted molar refractivity (Wildman–Crippen MR) is 135 cm³/mol. The van der Waals surface area contributed by atoms with E-state index in [9.17, 15) is 9.59 Å². The molecule has 0 aliphatic carbocycles. The van der Waals surface area contributed by atoms with Gasteiger partial charge in [0.2, 0.25) is 0 Å². The number of ether oxygens (including phenoxy) is 3. The number of hydrazine groups is 1. The Labute approximate surface area is 208 Å². The third kappa shape index (κ3) is 6.94. The average Bonchev–Trinajstić information content (AvgIpc) is 3.37. The fourth-order valence-corrected chi connectivity index (χ4v) is 3.59. The zero-order valence-electron chi connectivity index (χ0n) is 18.9. The van der Waals surface area contributed by atoms with Gasteiger partial charge in [-0.15, -0.1) is 0 Å². The second-order valence-electron chi connectivity index (χ2n) is 7.70. The van der Waals surface area contributed by atoms with Gasteiger partial charge in [-0.1, -0.05) is 42.5 Å². The van der Waals surface area contributed by atoms with Crippen LogP contribution < -0.4 is 30.4 Å². The highest BCUT2D eigenvalue weighted by Gasteiger charge is 2.17. The smallest absolute Gasteiger partial charge is 0.276 e. The van der Waals surface area contributed by atoms with Crippen LogP contribution in [0.1, 0.15) is 21.5 Å². The molecule has 9 heteroatoms. The van der Waals surface area contributed by atoms with Crippen molar-refractivity contribution in [2.24, 2.45) is 0 Å². The Morgan fingerprint density at radius 1 is 0.914 bits per heavy atom. The van der Waals surface area contributed by atoms with Crippen molar-refractivity contribution in [2.45, 2.75) is 12.8 Å². The standard InChI is InChI=1S/C26H25N3O5S/c30-23(17-34-22-8-4-7-19-14-16-33-24(19)22)28-29-26(35)27-25(31)20-9-11-21(12-10-20)32-15-13-18-5-2-1-3-6-18/h1-12H,13-17H2,(H,28,30)(H2,27,29,31,35). The van der Waals surface area contributed by atoms with Gasteiger partial charge in [0.15, 0.2) is 23.2 Å². The number of rotatable bonds is 8. The van der Waals surface area contributed by atoms with Gasteiger partial charge in [0.05, 0.1) is 13.2 Å². The largest absolute Gasteiger partial charge is 0.493 e. The molecule has 0 unspecified atom stereocenters. The number of nitrogens with one attached hydrogen (secondary N) is 3. The summed E-state index contributed by atoms with van der Waals surface area (Å²) >= 11 is 5.08. The molecule has 180 valence electrons. The van der Waals surface area contributed by atoms with Crippen molar-refractivity contribution in [1.29, 1.82) is 0 Å². The van der Waals surface area contributed by atoms with Crippen molar-refractivity contribution < 1.29 is 23.8 Å². The number of para-hydroxylation sites is 1. The molecule has 0 spiro atoms.